The number of carbonyl (C=O) groups is 2. The summed E-state index contributed by atoms with van der Waals surface area (Å²) in [6, 6.07) is 0. The van der Waals surface area contributed by atoms with Crippen LogP contribution in [-0.4, -0.2) is 22.6 Å². The molecule has 0 aromatic rings. The summed E-state index contributed by atoms with van der Waals surface area (Å²) >= 11 is 3.92. The highest BCUT2D eigenvalue weighted by molar-refractivity contribution is 7.80. The maximum Gasteiger partial charge on any atom is 0.303 e. The number of ketones is 1. The van der Waals surface area contributed by atoms with Gasteiger partial charge in [0.05, 0.1) is 0 Å². The predicted octanol–water partition coefficient (Wildman–Crippen LogP) is 1.52. The van der Waals surface area contributed by atoms with E-state index in [2.05, 4.69) is 12.6 Å². The number of carboxylic acid groups (broad SMARTS) is 1. The first-order valence-electron chi connectivity index (χ1n) is 4.01. The minimum Gasteiger partial charge on any atom is -0.481 e. The number of rotatable bonds is 7. The molecule has 0 radical (unpaired) electrons. The quantitative estimate of drug-likeness (QED) is 0.472. The van der Waals surface area contributed by atoms with Crippen molar-refractivity contribution < 1.29 is 14.7 Å². The highest BCUT2D eigenvalue weighted by Crippen LogP contribution is 2.02. The van der Waals surface area contributed by atoms with Crippen molar-refractivity contribution in [2.75, 3.05) is 5.75 Å². The Balaban J connectivity index is 3.19. The molecule has 0 rings (SSSR count). The van der Waals surface area contributed by atoms with Crippen LogP contribution in [0, 0.1) is 0 Å². The zero-order chi connectivity index (χ0) is 9.40. The first-order valence-corrected chi connectivity index (χ1v) is 4.64. The summed E-state index contributed by atoms with van der Waals surface area (Å²) in [6.07, 6.45) is 2.42. The summed E-state index contributed by atoms with van der Waals surface area (Å²) in [6.45, 7) is 0. The average Bonchev–Trinajstić information content (AvgIpc) is 1.98. The lowest BCUT2D eigenvalue weighted by atomic mass is 10.1. The third-order valence-electron chi connectivity index (χ3n) is 1.49. The van der Waals surface area contributed by atoms with Crippen molar-refractivity contribution in [2.45, 2.75) is 32.1 Å². The minimum absolute atomic E-state index is 0.161. The molecule has 0 aliphatic carbocycles. The highest BCUT2D eigenvalue weighted by Gasteiger charge is 2.01. The SMILES string of the molecule is O=C(O)CCCCC(=O)CCS. The lowest BCUT2D eigenvalue weighted by molar-refractivity contribution is -0.137. The van der Waals surface area contributed by atoms with Crippen LogP contribution < -0.4 is 0 Å². The third-order valence-corrected chi connectivity index (χ3v) is 1.71. The first kappa shape index (κ1) is 11.5. The molecule has 0 fully saturated rings. The van der Waals surface area contributed by atoms with E-state index in [1.165, 1.54) is 0 Å². The van der Waals surface area contributed by atoms with Crippen molar-refractivity contribution in [2.24, 2.45) is 0 Å². The van der Waals surface area contributed by atoms with E-state index in [-0.39, 0.29) is 12.2 Å². The highest BCUT2D eigenvalue weighted by atomic mass is 32.1. The molecule has 0 unspecified atom stereocenters. The van der Waals surface area contributed by atoms with Gasteiger partial charge in [-0.15, -0.1) is 0 Å². The van der Waals surface area contributed by atoms with E-state index in [0.29, 0.717) is 31.4 Å². The van der Waals surface area contributed by atoms with Crippen LogP contribution >= 0.6 is 12.6 Å². The topological polar surface area (TPSA) is 54.4 Å². The van der Waals surface area contributed by atoms with Crippen LogP contribution in [0.15, 0.2) is 0 Å². The normalized spacial score (nSPS) is 9.75. The Hall–Kier alpha value is -0.510. The van der Waals surface area contributed by atoms with E-state index in [1.807, 2.05) is 0 Å². The number of thiol groups is 1. The Morgan fingerprint density at radius 1 is 1.08 bits per heavy atom. The second kappa shape index (κ2) is 7.16. The first-order chi connectivity index (χ1) is 5.66. The second-order valence-corrected chi connectivity index (χ2v) is 3.06. The molecule has 0 aliphatic heterocycles. The zero-order valence-electron chi connectivity index (χ0n) is 6.95. The molecule has 70 valence electrons. The Morgan fingerprint density at radius 3 is 2.17 bits per heavy atom. The molecule has 0 amide bonds. The van der Waals surface area contributed by atoms with Gasteiger partial charge in [-0.3, -0.25) is 9.59 Å². The molecule has 0 atom stereocenters. The molecule has 0 bridgehead atoms. The van der Waals surface area contributed by atoms with Gasteiger partial charge in [0, 0.05) is 19.3 Å². The van der Waals surface area contributed by atoms with Crippen LogP contribution in [-0.2, 0) is 9.59 Å². The van der Waals surface area contributed by atoms with Crippen LogP contribution in [0.5, 0.6) is 0 Å². The Labute approximate surface area is 77.6 Å². The second-order valence-electron chi connectivity index (χ2n) is 2.61. The van der Waals surface area contributed by atoms with Crippen LogP contribution in [0.4, 0.5) is 0 Å². The molecule has 0 aromatic carbocycles. The third kappa shape index (κ3) is 7.60. The molecular formula is C8H14O3S. The molecule has 1 N–H and O–H groups in total. The van der Waals surface area contributed by atoms with E-state index in [9.17, 15) is 9.59 Å². The number of hydrogen-bond acceptors (Lipinski definition) is 3. The van der Waals surface area contributed by atoms with Gasteiger partial charge in [0.2, 0.25) is 0 Å². The number of aliphatic carboxylic acids is 1. The lowest BCUT2D eigenvalue weighted by Gasteiger charge is -1.96. The van der Waals surface area contributed by atoms with Crippen LogP contribution in [0.25, 0.3) is 0 Å². The fourth-order valence-corrected chi connectivity index (χ4v) is 1.10. The summed E-state index contributed by atoms with van der Waals surface area (Å²) in [4.78, 5) is 21.0. The maximum atomic E-state index is 10.9. The summed E-state index contributed by atoms with van der Waals surface area (Å²) < 4.78 is 0. The molecule has 0 saturated heterocycles. The van der Waals surface area contributed by atoms with Gasteiger partial charge in [0.1, 0.15) is 5.78 Å². The molecular weight excluding hydrogens is 176 g/mol. The number of carboxylic acids is 1. The lowest BCUT2D eigenvalue weighted by Crippen LogP contribution is -1.99. The van der Waals surface area contributed by atoms with Crippen molar-refractivity contribution >= 4 is 24.4 Å². The predicted molar refractivity (Wildman–Crippen MR) is 49.6 cm³/mol. The van der Waals surface area contributed by atoms with E-state index in [1.54, 1.807) is 0 Å². The monoisotopic (exact) mass is 190 g/mol. The van der Waals surface area contributed by atoms with E-state index in [0.717, 1.165) is 0 Å². The summed E-state index contributed by atoms with van der Waals surface area (Å²) in [5.41, 5.74) is 0. The molecule has 0 heterocycles. The number of hydrogen-bond donors (Lipinski definition) is 2. The van der Waals surface area contributed by atoms with E-state index < -0.39 is 5.97 Å². The number of unbranched alkanes of at least 4 members (excludes halogenated alkanes) is 1. The summed E-state index contributed by atoms with van der Waals surface area (Å²) in [5.74, 6) is -0.0374. The molecule has 0 aromatic heterocycles. The minimum atomic E-state index is -0.795. The van der Waals surface area contributed by atoms with E-state index >= 15 is 0 Å². The van der Waals surface area contributed by atoms with Crippen molar-refractivity contribution in [1.29, 1.82) is 0 Å². The molecule has 12 heavy (non-hydrogen) atoms. The summed E-state index contributed by atoms with van der Waals surface area (Å²) in [7, 11) is 0. The average molecular weight is 190 g/mol. The van der Waals surface area contributed by atoms with Gasteiger partial charge in [-0.1, -0.05) is 0 Å². The van der Waals surface area contributed by atoms with Gasteiger partial charge in [-0.05, 0) is 18.6 Å². The maximum absolute atomic E-state index is 10.9. The number of Topliss-reactive ketones (excluding diaryl/α,β-unsaturated/α-hetero) is 1. The van der Waals surface area contributed by atoms with Crippen LogP contribution in [0.3, 0.4) is 0 Å². The molecule has 0 aliphatic rings. The van der Waals surface area contributed by atoms with Gasteiger partial charge >= 0.3 is 5.97 Å². The summed E-state index contributed by atoms with van der Waals surface area (Å²) in [5, 5.41) is 8.28. The molecule has 4 heteroatoms. The van der Waals surface area contributed by atoms with Gasteiger partial charge < -0.3 is 5.11 Å². The van der Waals surface area contributed by atoms with Crippen molar-refractivity contribution in [3.63, 3.8) is 0 Å². The van der Waals surface area contributed by atoms with Gasteiger partial charge in [0.25, 0.3) is 0 Å². The van der Waals surface area contributed by atoms with Crippen LogP contribution in [0.1, 0.15) is 32.1 Å². The van der Waals surface area contributed by atoms with Crippen LogP contribution in [0.2, 0.25) is 0 Å². The van der Waals surface area contributed by atoms with Gasteiger partial charge in [-0.25, -0.2) is 0 Å². The van der Waals surface area contributed by atoms with Crippen molar-refractivity contribution in [3.8, 4) is 0 Å². The van der Waals surface area contributed by atoms with Crippen molar-refractivity contribution in [3.05, 3.63) is 0 Å². The molecule has 3 nitrogen and oxygen atoms in total. The Morgan fingerprint density at radius 2 is 1.67 bits per heavy atom. The fraction of sp³-hybridized carbons (Fsp3) is 0.750. The Bertz CT molecular complexity index is 156. The number of carbonyl (C=O) groups excluding carboxylic acids is 1. The largest absolute Gasteiger partial charge is 0.481 e. The molecule has 0 spiro atoms. The molecule has 0 saturated carbocycles. The fourth-order valence-electron chi connectivity index (χ4n) is 0.848. The van der Waals surface area contributed by atoms with E-state index in [4.69, 9.17) is 5.11 Å². The smallest absolute Gasteiger partial charge is 0.303 e. The van der Waals surface area contributed by atoms with Gasteiger partial charge in [0.15, 0.2) is 0 Å². The van der Waals surface area contributed by atoms with Crippen molar-refractivity contribution in [1.82, 2.24) is 0 Å². The standard InChI is InChI=1S/C8H14O3S/c9-7(5-6-12)3-1-2-4-8(10)11/h12H,1-6H2,(H,10,11). The van der Waals surface area contributed by atoms with Gasteiger partial charge in [-0.2, -0.15) is 12.6 Å². The Kier molecular flexibility index (Phi) is 6.85. The zero-order valence-corrected chi connectivity index (χ0v) is 7.85.